The van der Waals surface area contributed by atoms with Crippen molar-refractivity contribution >= 4 is 5.97 Å². The normalized spacial score (nSPS) is 11.5. The molecule has 0 saturated heterocycles. The number of hydrogen-bond acceptors (Lipinski definition) is 2. The van der Waals surface area contributed by atoms with Gasteiger partial charge in [0.2, 0.25) is 0 Å². The van der Waals surface area contributed by atoms with Gasteiger partial charge in [0, 0.05) is 0 Å². The lowest BCUT2D eigenvalue weighted by molar-refractivity contribution is -0.138. The molecule has 1 atom stereocenters. The fourth-order valence-corrected chi connectivity index (χ4v) is 2.87. The molecule has 1 rings (SSSR count). The van der Waals surface area contributed by atoms with Crippen LogP contribution in [0.1, 0.15) is 96.5 Å². The van der Waals surface area contributed by atoms with Crippen molar-refractivity contribution in [3.8, 4) is 0 Å². The molecule has 0 heterocycles. The molecule has 0 radical (unpaired) electrons. The summed E-state index contributed by atoms with van der Waals surface area (Å²) in [7, 11) is 0. The molecule has 0 aliphatic heterocycles. The smallest absolute Gasteiger partial charge is 0.320 e. The van der Waals surface area contributed by atoms with E-state index < -0.39 is 12.0 Å². The molecular formula is C23H41NO2. The quantitative estimate of drug-likeness (QED) is 0.379. The topological polar surface area (TPSA) is 63.3 Å². The Morgan fingerprint density at radius 1 is 0.808 bits per heavy atom. The first-order chi connectivity index (χ1) is 12.6. The lowest BCUT2D eigenvalue weighted by Crippen LogP contribution is -2.32. The summed E-state index contributed by atoms with van der Waals surface area (Å²) in [5.74, 6) is -0.959. The van der Waals surface area contributed by atoms with Crippen molar-refractivity contribution in [3.63, 3.8) is 0 Å². The Bertz CT molecular complexity index is 407. The van der Waals surface area contributed by atoms with Gasteiger partial charge in [-0.3, -0.25) is 4.79 Å². The number of benzene rings is 1. The molecule has 3 heteroatoms. The summed E-state index contributed by atoms with van der Waals surface area (Å²) in [4.78, 5) is 10.4. The number of nitrogens with two attached hydrogens (primary N) is 1. The van der Waals surface area contributed by atoms with Gasteiger partial charge >= 0.3 is 5.97 Å². The number of carboxylic acids is 1. The molecule has 1 unspecified atom stereocenters. The van der Waals surface area contributed by atoms with Crippen LogP contribution in [0.2, 0.25) is 0 Å². The summed E-state index contributed by atoms with van der Waals surface area (Å²) in [6.45, 7) is 4.57. The molecule has 0 spiro atoms. The van der Waals surface area contributed by atoms with E-state index in [2.05, 4.69) is 13.8 Å². The van der Waals surface area contributed by atoms with Gasteiger partial charge < -0.3 is 10.8 Å². The average molecular weight is 364 g/mol. The van der Waals surface area contributed by atoms with E-state index in [4.69, 9.17) is 10.8 Å². The zero-order valence-electron chi connectivity index (χ0n) is 17.1. The third-order valence-corrected chi connectivity index (χ3v) is 4.57. The molecule has 0 aliphatic carbocycles. The predicted molar refractivity (Wildman–Crippen MR) is 113 cm³/mol. The molecule has 26 heavy (non-hydrogen) atoms. The lowest BCUT2D eigenvalue weighted by atomic mass is 10.1. The van der Waals surface area contributed by atoms with Gasteiger partial charge in [0.25, 0.3) is 0 Å². The van der Waals surface area contributed by atoms with Crippen LogP contribution in [0.15, 0.2) is 30.3 Å². The van der Waals surface area contributed by atoms with Crippen molar-refractivity contribution in [3.05, 3.63) is 35.9 Å². The summed E-state index contributed by atoms with van der Waals surface area (Å²) >= 11 is 0. The van der Waals surface area contributed by atoms with Crippen LogP contribution in [-0.2, 0) is 11.2 Å². The second-order valence-electron chi connectivity index (χ2n) is 7.17. The van der Waals surface area contributed by atoms with Crippen LogP contribution >= 0.6 is 0 Å². The summed E-state index contributed by atoms with van der Waals surface area (Å²) < 4.78 is 0. The van der Waals surface area contributed by atoms with E-state index in [1.165, 1.54) is 77.0 Å². The summed E-state index contributed by atoms with van der Waals surface area (Å²) in [6.07, 6.45) is 17.8. The zero-order chi connectivity index (χ0) is 19.5. The molecule has 0 bridgehead atoms. The van der Waals surface area contributed by atoms with Crippen molar-refractivity contribution < 1.29 is 9.90 Å². The number of aliphatic carboxylic acids is 1. The molecule has 3 nitrogen and oxygen atoms in total. The van der Waals surface area contributed by atoms with Crippen LogP contribution in [0.5, 0.6) is 0 Å². The van der Waals surface area contributed by atoms with E-state index >= 15 is 0 Å². The summed E-state index contributed by atoms with van der Waals surface area (Å²) in [6, 6.07) is 8.54. The van der Waals surface area contributed by atoms with Crippen molar-refractivity contribution in [2.45, 2.75) is 103 Å². The molecule has 0 saturated carbocycles. The minimum Gasteiger partial charge on any atom is -0.480 e. The average Bonchev–Trinajstić information content (AvgIpc) is 2.64. The summed E-state index contributed by atoms with van der Waals surface area (Å²) in [5.41, 5.74) is 6.30. The zero-order valence-corrected chi connectivity index (χ0v) is 17.1. The minimum atomic E-state index is -0.959. The fraction of sp³-hybridized carbons (Fsp3) is 0.696. The maximum Gasteiger partial charge on any atom is 0.320 e. The highest BCUT2D eigenvalue weighted by molar-refractivity contribution is 5.73. The van der Waals surface area contributed by atoms with Crippen LogP contribution in [0, 0.1) is 0 Å². The van der Waals surface area contributed by atoms with Gasteiger partial charge in [-0.15, -0.1) is 0 Å². The third-order valence-electron chi connectivity index (χ3n) is 4.57. The first-order valence-electron chi connectivity index (χ1n) is 10.6. The standard InChI is InChI=1S/C14H30.C9H11NO2/c1-3-5-7-9-11-13-14-12-10-8-6-4-2;10-8(9(11)12)6-7-4-2-1-3-5-7/h3-14H2,1-2H3;1-5,8H,6,10H2,(H,11,12). The fourth-order valence-electron chi connectivity index (χ4n) is 2.87. The van der Waals surface area contributed by atoms with Gasteiger partial charge in [-0.2, -0.15) is 0 Å². The highest BCUT2D eigenvalue weighted by atomic mass is 16.4. The maximum absolute atomic E-state index is 10.4. The van der Waals surface area contributed by atoms with Gasteiger partial charge in [0.1, 0.15) is 6.04 Å². The number of rotatable bonds is 14. The molecule has 1 aromatic carbocycles. The Balaban J connectivity index is 0.000000485. The van der Waals surface area contributed by atoms with Crippen LogP contribution in [0.4, 0.5) is 0 Å². The van der Waals surface area contributed by atoms with E-state index in [1.807, 2.05) is 30.3 Å². The molecule has 0 aromatic heterocycles. The van der Waals surface area contributed by atoms with Gasteiger partial charge in [-0.25, -0.2) is 0 Å². The van der Waals surface area contributed by atoms with Crippen molar-refractivity contribution in [1.82, 2.24) is 0 Å². The molecular weight excluding hydrogens is 322 g/mol. The van der Waals surface area contributed by atoms with Crippen LogP contribution in [0.25, 0.3) is 0 Å². The van der Waals surface area contributed by atoms with E-state index in [9.17, 15) is 4.79 Å². The second-order valence-corrected chi connectivity index (χ2v) is 7.17. The Kier molecular flexibility index (Phi) is 17.5. The van der Waals surface area contributed by atoms with E-state index in [-0.39, 0.29) is 0 Å². The summed E-state index contributed by atoms with van der Waals surface area (Å²) in [5, 5.41) is 8.52. The van der Waals surface area contributed by atoms with Crippen LogP contribution in [-0.4, -0.2) is 17.1 Å². The SMILES string of the molecule is CCCCCCCCCCCCCC.NC(Cc1ccccc1)C(=O)O. The Labute approximate surface area is 161 Å². The third kappa shape index (κ3) is 16.1. The number of hydrogen-bond donors (Lipinski definition) is 2. The first-order valence-corrected chi connectivity index (χ1v) is 10.6. The second kappa shape index (κ2) is 18.4. The van der Waals surface area contributed by atoms with E-state index in [0.717, 1.165) is 5.56 Å². The van der Waals surface area contributed by atoms with Crippen molar-refractivity contribution in [2.75, 3.05) is 0 Å². The molecule has 0 amide bonds. The molecule has 0 aliphatic rings. The first kappa shape index (κ1) is 24.7. The van der Waals surface area contributed by atoms with Crippen LogP contribution in [0.3, 0.4) is 0 Å². The highest BCUT2D eigenvalue weighted by Crippen LogP contribution is 2.11. The van der Waals surface area contributed by atoms with Gasteiger partial charge in [0.05, 0.1) is 0 Å². The molecule has 150 valence electrons. The van der Waals surface area contributed by atoms with Crippen LogP contribution < -0.4 is 5.73 Å². The highest BCUT2D eigenvalue weighted by Gasteiger charge is 2.10. The predicted octanol–water partition coefficient (Wildman–Crippen LogP) is 6.35. The van der Waals surface area contributed by atoms with Gasteiger partial charge in [-0.05, 0) is 12.0 Å². The Morgan fingerprint density at radius 2 is 1.19 bits per heavy atom. The largest absolute Gasteiger partial charge is 0.480 e. The Morgan fingerprint density at radius 3 is 1.54 bits per heavy atom. The van der Waals surface area contributed by atoms with Crippen molar-refractivity contribution in [1.29, 1.82) is 0 Å². The monoisotopic (exact) mass is 363 g/mol. The lowest BCUT2D eigenvalue weighted by Gasteiger charge is -2.04. The van der Waals surface area contributed by atoms with E-state index in [0.29, 0.717) is 6.42 Å². The van der Waals surface area contributed by atoms with E-state index in [1.54, 1.807) is 0 Å². The number of carbonyl (C=O) groups is 1. The number of carboxylic acid groups (broad SMARTS) is 1. The molecule has 1 aromatic rings. The Hall–Kier alpha value is -1.35. The maximum atomic E-state index is 10.4. The molecule has 3 N–H and O–H groups in total. The van der Waals surface area contributed by atoms with Crippen molar-refractivity contribution in [2.24, 2.45) is 5.73 Å². The molecule has 0 fully saturated rings. The number of unbranched alkanes of at least 4 members (excludes halogenated alkanes) is 11. The van der Waals surface area contributed by atoms with Gasteiger partial charge in [-0.1, -0.05) is 121 Å². The van der Waals surface area contributed by atoms with Gasteiger partial charge in [0.15, 0.2) is 0 Å². The minimum absolute atomic E-state index is 0.385.